The first-order valence-electron chi connectivity index (χ1n) is 10.1. The van der Waals surface area contributed by atoms with Crippen molar-refractivity contribution in [3.8, 4) is 0 Å². The Balaban J connectivity index is 1.39. The van der Waals surface area contributed by atoms with Crippen LogP contribution in [0.5, 0.6) is 0 Å². The number of fused-ring (bicyclic) bond motifs is 1. The lowest BCUT2D eigenvalue weighted by Gasteiger charge is -2.37. The van der Waals surface area contributed by atoms with Crippen molar-refractivity contribution in [1.82, 2.24) is 0 Å². The third kappa shape index (κ3) is 5.14. The number of ether oxygens (including phenoxy) is 1. The number of hydrogen-bond acceptors (Lipinski definition) is 5. The highest BCUT2D eigenvalue weighted by Crippen LogP contribution is 2.38. The molecule has 1 saturated heterocycles. The van der Waals surface area contributed by atoms with Crippen LogP contribution in [-0.4, -0.2) is 42.4 Å². The molecule has 2 aromatic carbocycles. The van der Waals surface area contributed by atoms with Crippen molar-refractivity contribution < 1.29 is 18.7 Å². The fraction of sp³-hybridized carbons (Fsp3) is 0.364. The number of amides is 2. The summed E-state index contributed by atoms with van der Waals surface area (Å²) in [5.74, 6) is -1.02. The molecule has 9 heteroatoms. The van der Waals surface area contributed by atoms with Crippen molar-refractivity contribution in [2.75, 3.05) is 28.6 Å². The number of morpholine rings is 1. The van der Waals surface area contributed by atoms with Crippen molar-refractivity contribution >= 4 is 52.2 Å². The summed E-state index contributed by atoms with van der Waals surface area (Å²) >= 11 is 7.27. The van der Waals surface area contributed by atoms with E-state index in [1.165, 1.54) is 17.8 Å². The maximum absolute atomic E-state index is 14.7. The van der Waals surface area contributed by atoms with Gasteiger partial charge in [0.05, 0.1) is 28.8 Å². The third-order valence-corrected chi connectivity index (χ3v) is 6.63. The molecule has 0 bridgehead atoms. The molecule has 1 fully saturated rings. The highest BCUT2D eigenvalue weighted by atomic mass is 35.5. The van der Waals surface area contributed by atoms with E-state index in [9.17, 15) is 14.0 Å². The molecule has 31 heavy (non-hydrogen) atoms. The molecule has 6 nitrogen and oxygen atoms in total. The van der Waals surface area contributed by atoms with Crippen LogP contribution >= 0.6 is 23.4 Å². The molecule has 0 aliphatic carbocycles. The fourth-order valence-electron chi connectivity index (χ4n) is 3.85. The molecular formula is C22H23ClFN3O3S. The van der Waals surface area contributed by atoms with Crippen LogP contribution in [0.3, 0.4) is 0 Å². The Labute approximate surface area is 189 Å². The van der Waals surface area contributed by atoms with E-state index in [0.717, 1.165) is 4.90 Å². The molecule has 2 aliphatic rings. The predicted octanol–water partition coefficient (Wildman–Crippen LogP) is 4.53. The van der Waals surface area contributed by atoms with Crippen LogP contribution in [0.15, 0.2) is 41.3 Å². The second kappa shape index (κ2) is 9.06. The first-order valence-corrected chi connectivity index (χ1v) is 11.3. The standard InChI is InChI=1S/C22H23ClFN3O3S/c1-12-10-27(11-13(2)30-12)18-5-4-15(8-16(18)24)25-21(28)9-20-22(29)26-17-7-14(23)3-6-19(17)31-20/h3-8,12-13,20H,9-11H2,1-2H3,(H,25,28)(H,26,29). The molecule has 2 aromatic rings. The second-order valence-corrected chi connectivity index (χ2v) is 9.50. The van der Waals surface area contributed by atoms with Gasteiger partial charge in [-0.15, -0.1) is 11.8 Å². The quantitative estimate of drug-likeness (QED) is 0.696. The predicted molar refractivity (Wildman–Crippen MR) is 122 cm³/mol. The average molecular weight is 464 g/mol. The van der Waals surface area contributed by atoms with Gasteiger partial charge < -0.3 is 20.3 Å². The number of benzene rings is 2. The molecule has 2 aliphatic heterocycles. The number of nitrogens with zero attached hydrogens (tertiary/aromatic N) is 1. The lowest BCUT2D eigenvalue weighted by Crippen LogP contribution is -2.45. The summed E-state index contributed by atoms with van der Waals surface area (Å²) < 4.78 is 20.4. The van der Waals surface area contributed by atoms with Crippen molar-refractivity contribution in [2.24, 2.45) is 0 Å². The molecule has 2 heterocycles. The zero-order chi connectivity index (χ0) is 22.1. The average Bonchev–Trinajstić information content (AvgIpc) is 2.68. The number of halogens is 2. The molecule has 2 amide bonds. The Bertz CT molecular complexity index is 1010. The number of thioether (sulfide) groups is 1. The van der Waals surface area contributed by atoms with E-state index in [-0.39, 0.29) is 30.4 Å². The van der Waals surface area contributed by atoms with Crippen LogP contribution in [0.1, 0.15) is 20.3 Å². The normalized spacial score (nSPS) is 23.2. The van der Waals surface area contributed by atoms with Crippen LogP contribution in [0.4, 0.5) is 21.5 Å². The van der Waals surface area contributed by atoms with Gasteiger partial charge in [-0.1, -0.05) is 11.6 Å². The first-order chi connectivity index (χ1) is 14.8. The van der Waals surface area contributed by atoms with E-state index in [2.05, 4.69) is 10.6 Å². The van der Waals surface area contributed by atoms with Crippen LogP contribution < -0.4 is 15.5 Å². The Morgan fingerprint density at radius 1 is 1.26 bits per heavy atom. The number of nitrogens with one attached hydrogen (secondary N) is 2. The summed E-state index contributed by atoms with van der Waals surface area (Å²) in [4.78, 5) is 27.7. The smallest absolute Gasteiger partial charge is 0.238 e. The molecule has 4 rings (SSSR count). The largest absolute Gasteiger partial charge is 0.372 e. The minimum atomic E-state index is -0.575. The lowest BCUT2D eigenvalue weighted by atomic mass is 10.1. The minimum absolute atomic E-state index is 0.0165. The summed E-state index contributed by atoms with van der Waals surface area (Å²) in [7, 11) is 0. The fourth-order valence-corrected chi connectivity index (χ4v) is 5.12. The second-order valence-electron chi connectivity index (χ2n) is 7.82. The van der Waals surface area contributed by atoms with Gasteiger partial charge in [0.2, 0.25) is 11.8 Å². The number of hydrogen-bond donors (Lipinski definition) is 2. The van der Waals surface area contributed by atoms with Crippen LogP contribution in [0.2, 0.25) is 5.02 Å². The van der Waals surface area contributed by atoms with Gasteiger partial charge in [-0.3, -0.25) is 9.59 Å². The maximum Gasteiger partial charge on any atom is 0.238 e. The number of anilines is 3. The Morgan fingerprint density at radius 2 is 2.00 bits per heavy atom. The van der Waals surface area contributed by atoms with Crippen molar-refractivity contribution in [1.29, 1.82) is 0 Å². The Hall–Kier alpha value is -2.29. The Kier molecular flexibility index (Phi) is 6.41. The molecule has 2 N–H and O–H groups in total. The van der Waals surface area contributed by atoms with Crippen molar-refractivity contribution in [2.45, 2.75) is 42.6 Å². The van der Waals surface area contributed by atoms with Crippen LogP contribution in [0, 0.1) is 5.82 Å². The van der Waals surface area contributed by atoms with Crippen LogP contribution in [-0.2, 0) is 14.3 Å². The minimum Gasteiger partial charge on any atom is -0.372 e. The topological polar surface area (TPSA) is 70.7 Å². The summed E-state index contributed by atoms with van der Waals surface area (Å²) in [5.41, 5.74) is 1.48. The molecule has 0 saturated carbocycles. The van der Waals surface area contributed by atoms with Gasteiger partial charge in [-0.2, -0.15) is 0 Å². The van der Waals surface area contributed by atoms with Gasteiger partial charge in [-0.05, 0) is 50.2 Å². The van der Waals surface area contributed by atoms with Gasteiger partial charge in [0, 0.05) is 35.1 Å². The molecule has 164 valence electrons. The van der Waals surface area contributed by atoms with E-state index in [0.29, 0.717) is 35.2 Å². The van der Waals surface area contributed by atoms with E-state index in [1.54, 1.807) is 24.3 Å². The Morgan fingerprint density at radius 3 is 2.71 bits per heavy atom. The van der Waals surface area contributed by atoms with Gasteiger partial charge in [-0.25, -0.2) is 4.39 Å². The molecule has 3 unspecified atom stereocenters. The van der Waals surface area contributed by atoms with E-state index in [1.807, 2.05) is 24.8 Å². The van der Waals surface area contributed by atoms with Gasteiger partial charge >= 0.3 is 0 Å². The number of carbonyl (C=O) groups is 2. The van der Waals surface area contributed by atoms with Crippen LogP contribution in [0.25, 0.3) is 0 Å². The highest BCUT2D eigenvalue weighted by Gasteiger charge is 2.29. The third-order valence-electron chi connectivity index (χ3n) is 5.12. The SMILES string of the molecule is CC1CN(c2ccc(NC(=O)CC3Sc4ccc(Cl)cc4NC3=O)cc2F)CC(C)O1. The summed E-state index contributed by atoms with van der Waals surface area (Å²) in [6.07, 6.45) is 0.00566. The molecule has 0 spiro atoms. The zero-order valence-electron chi connectivity index (χ0n) is 17.2. The molecule has 3 atom stereocenters. The first kappa shape index (κ1) is 21.9. The summed E-state index contributed by atoms with van der Waals surface area (Å²) in [6.45, 7) is 5.13. The number of carbonyl (C=O) groups excluding carboxylic acids is 2. The number of rotatable bonds is 4. The maximum atomic E-state index is 14.7. The van der Waals surface area contributed by atoms with Crippen molar-refractivity contribution in [3.05, 3.63) is 47.2 Å². The summed E-state index contributed by atoms with van der Waals surface area (Å²) in [6, 6.07) is 9.88. The van der Waals surface area contributed by atoms with E-state index < -0.39 is 11.1 Å². The van der Waals surface area contributed by atoms with Gasteiger partial charge in [0.25, 0.3) is 0 Å². The van der Waals surface area contributed by atoms with E-state index in [4.69, 9.17) is 16.3 Å². The molecular weight excluding hydrogens is 441 g/mol. The summed E-state index contributed by atoms with van der Waals surface area (Å²) in [5, 5.41) is 5.43. The van der Waals surface area contributed by atoms with E-state index >= 15 is 0 Å². The van der Waals surface area contributed by atoms with Crippen molar-refractivity contribution in [3.63, 3.8) is 0 Å². The zero-order valence-corrected chi connectivity index (χ0v) is 18.7. The van der Waals surface area contributed by atoms with Gasteiger partial charge in [0.15, 0.2) is 0 Å². The molecule has 0 radical (unpaired) electrons. The highest BCUT2D eigenvalue weighted by molar-refractivity contribution is 8.01. The lowest BCUT2D eigenvalue weighted by molar-refractivity contribution is -0.120. The van der Waals surface area contributed by atoms with Gasteiger partial charge in [0.1, 0.15) is 5.82 Å². The monoisotopic (exact) mass is 463 g/mol. The molecule has 0 aromatic heterocycles.